The van der Waals surface area contributed by atoms with E-state index in [0.29, 0.717) is 0 Å². The molecule has 0 nitrogen and oxygen atoms in total. The van der Waals surface area contributed by atoms with Gasteiger partial charge >= 0.3 is 0 Å². The number of allylic oxidation sites excluding steroid dienone is 1. The van der Waals surface area contributed by atoms with Crippen LogP contribution >= 0.6 is 12.2 Å². The Hall–Kier alpha value is -1.47. The van der Waals surface area contributed by atoms with Gasteiger partial charge in [0.25, 0.3) is 0 Å². The van der Waals surface area contributed by atoms with Crippen molar-refractivity contribution in [3.05, 3.63) is 59.0 Å². The second-order valence-electron chi connectivity index (χ2n) is 5.00. The SMILES string of the molecule is CCC1=Cc2cc3c(CC)cccc3cc2[CH]C1=S. The molecule has 2 aromatic rings. The smallest absolute Gasteiger partial charge is 0.0319 e. The van der Waals surface area contributed by atoms with Crippen molar-refractivity contribution in [1.82, 2.24) is 0 Å². The van der Waals surface area contributed by atoms with E-state index in [9.17, 15) is 0 Å². The molecule has 0 N–H and O–H groups in total. The molecule has 0 bridgehead atoms. The van der Waals surface area contributed by atoms with Crippen molar-refractivity contribution < 1.29 is 0 Å². The Balaban J connectivity index is 2.26. The molecule has 1 aliphatic rings. The van der Waals surface area contributed by atoms with Crippen LogP contribution in [0.15, 0.2) is 35.9 Å². The van der Waals surface area contributed by atoms with E-state index in [4.69, 9.17) is 12.2 Å². The highest BCUT2D eigenvalue weighted by atomic mass is 32.1. The third-order valence-corrected chi connectivity index (χ3v) is 4.25. The maximum Gasteiger partial charge on any atom is 0.0319 e. The minimum Gasteiger partial charge on any atom is -0.0839 e. The van der Waals surface area contributed by atoms with Gasteiger partial charge in [0.1, 0.15) is 0 Å². The number of hydrogen-bond acceptors (Lipinski definition) is 1. The lowest BCUT2D eigenvalue weighted by atomic mass is 9.88. The molecule has 3 rings (SSSR count). The van der Waals surface area contributed by atoms with Crippen LogP contribution in [0, 0.1) is 6.42 Å². The number of thiocarbonyl (C=S) groups is 1. The highest BCUT2D eigenvalue weighted by molar-refractivity contribution is 7.81. The van der Waals surface area contributed by atoms with Gasteiger partial charge in [-0.25, -0.2) is 0 Å². The summed E-state index contributed by atoms with van der Waals surface area (Å²) in [5, 5.41) is 2.68. The molecule has 2 aromatic carbocycles. The summed E-state index contributed by atoms with van der Waals surface area (Å²) in [4.78, 5) is 0.987. The molecule has 95 valence electrons. The van der Waals surface area contributed by atoms with E-state index in [1.54, 1.807) is 0 Å². The Morgan fingerprint density at radius 1 is 1.00 bits per heavy atom. The highest BCUT2D eigenvalue weighted by Gasteiger charge is 2.15. The second kappa shape index (κ2) is 4.90. The fourth-order valence-corrected chi connectivity index (χ4v) is 3.08. The number of rotatable bonds is 2. The maximum atomic E-state index is 5.45. The van der Waals surface area contributed by atoms with Crippen molar-refractivity contribution in [2.45, 2.75) is 26.7 Å². The lowest BCUT2D eigenvalue weighted by Crippen LogP contribution is -2.07. The Morgan fingerprint density at radius 2 is 1.84 bits per heavy atom. The third kappa shape index (κ3) is 2.12. The van der Waals surface area contributed by atoms with Gasteiger partial charge in [0, 0.05) is 11.3 Å². The van der Waals surface area contributed by atoms with Crippen LogP contribution in [0.5, 0.6) is 0 Å². The lowest BCUT2D eigenvalue weighted by Gasteiger charge is -2.18. The molecule has 0 saturated heterocycles. The first-order valence-electron chi connectivity index (χ1n) is 6.88. The summed E-state index contributed by atoms with van der Waals surface area (Å²) in [5.41, 5.74) is 5.25. The summed E-state index contributed by atoms with van der Waals surface area (Å²) < 4.78 is 0. The molecule has 0 aliphatic heterocycles. The van der Waals surface area contributed by atoms with Gasteiger partial charge in [-0.2, -0.15) is 0 Å². The van der Waals surface area contributed by atoms with Gasteiger partial charge < -0.3 is 0 Å². The minimum atomic E-state index is 0.987. The topological polar surface area (TPSA) is 0 Å². The molecular formula is C18H17S. The average Bonchev–Trinajstić information content (AvgIpc) is 2.43. The van der Waals surface area contributed by atoms with Gasteiger partial charge in [0.15, 0.2) is 0 Å². The summed E-state index contributed by atoms with van der Waals surface area (Å²) in [5.74, 6) is 0. The molecule has 0 amide bonds. The maximum absolute atomic E-state index is 5.45. The van der Waals surface area contributed by atoms with Gasteiger partial charge in [-0.3, -0.25) is 0 Å². The predicted molar refractivity (Wildman–Crippen MR) is 87.6 cm³/mol. The van der Waals surface area contributed by atoms with Crippen molar-refractivity contribution in [3.63, 3.8) is 0 Å². The van der Waals surface area contributed by atoms with Crippen LogP contribution in [-0.4, -0.2) is 4.86 Å². The van der Waals surface area contributed by atoms with Crippen LogP contribution in [-0.2, 0) is 6.42 Å². The van der Waals surface area contributed by atoms with Crippen LogP contribution in [0.25, 0.3) is 16.8 Å². The number of fused-ring (bicyclic) bond motifs is 2. The quantitative estimate of drug-likeness (QED) is 0.678. The van der Waals surface area contributed by atoms with Gasteiger partial charge in [0.2, 0.25) is 0 Å². The normalized spacial score (nSPS) is 14.4. The number of hydrogen-bond donors (Lipinski definition) is 0. The molecular weight excluding hydrogens is 248 g/mol. The van der Waals surface area contributed by atoms with Gasteiger partial charge in [-0.05, 0) is 58.0 Å². The summed E-state index contributed by atoms with van der Waals surface area (Å²) in [6, 6.07) is 11.1. The second-order valence-corrected chi connectivity index (χ2v) is 5.44. The Morgan fingerprint density at radius 3 is 2.58 bits per heavy atom. The van der Waals surface area contributed by atoms with Crippen LogP contribution in [0.4, 0.5) is 0 Å². The minimum absolute atomic E-state index is 0.987. The zero-order valence-corrected chi connectivity index (χ0v) is 12.2. The fraction of sp³-hybridized carbons (Fsp3) is 0.222. The van der Waals surface area contributed by atoms with E-state index in [0.717, 1.165) is 17.7 Å². The molecule has 0 fully saturated rings. The molecule has 0 unspecified atom stereocenters. The van der Waals surface area contributed by atoms with Gasteiger partial charge in [-0.15, -0.1) is 0 Å². The molecule has 0 heterocycles. The Kier molecular flexibility index (Phi) is 3.24. The van der Waals surface area contributed by atoms with Crippen LogP contribution < -0.4 is 0 Å². The summed E-state index contributed by atoms with van der Waals surface area (Å²) >= 11 is 5.45. The molecule has 1 heteroatoms. The number of aryl methyl sites for hydroxylation is 1. The van der Waals surface area contributed by atoms with E-state index in [2.05, 4.69) is 56.7 Å². The molecule has 0 saturated carbocycles. The standard InChI is InChI=1S/C18H17S/c1-3-12-6-5-7-14-9-16-11-18(19)13(4-2)8-15(16)10-17(12)14/h5-11H,3-4H2,1-2H3. The van der Waals surface area contributed by atoms with E-state index in [1.165, 1.54) is 33.0 Å². The van der Waals surface area contributed by atoms with Crippen molar-refractivity contribution in [2.75, 3.05) is 0 Å². The fourth-order valence-electron chi connectivity index (χ4n) is 2.75. The molecule has 0 spiro atoms. The lowest BCUT2D eigenvalue weighted by molar-refractivity contribution is 1.16. The molecule has 1 radical (unpaired) electrons. The first-order valence-corrected chi connectivity index (χ1v) is 7.29. The van der Waals surface area contributed by atoms with Crippen LogP contribution in [0.1, 0.15) is 37.0 Å². The summed E-state index contributed by atoms with van der Waals surface area (Å²) in [6.45, 7) is 4.37. The van der Waals surface area contributed by atoms with Gasteiger partial charge in [-0.1, -0.05) is 50.3 Å². The van der Waals surface area contributed by atoms with Crippen molar-refractivity contribution in [1.29, 1.82) is 0 Å². The first-order chi connectivity index (χ1) is 9.22. The number of benzene rings is 2. The third-order valence-electron chi connectivity index (χ3n) is 3.87. The molecule has 0 atom stereocenters. The first kappa shape index (κ1) is 12.6. The van der Waals surface area contributed by atoms with Crippen LogP contribution in [0.3, 0.4) is 0 Å². The average molecular weight is 265 g/mol. The Labute approximate surface area is 120 Å². The predicted octanol–water partition coefficient (Wildman–Crippen LogP) is 5.13. The summed E-state index contributed by atoms with van der Waals surface area (Å²) in [6.07, 6.45) is 6.47. The Bertz CT molecular complexity index is 692. The van der Waals surface area contributed by atoms with E-state index < -0.39 is 0 Å². The van der Waals surface area contributed by atoms with Crippen molar-refractivity contribution >= 4 is 33.9 Å². The molecule has 1 aliphatic carbocycles. The van der Waals surface area contributed by atoms with Gasteiger partial charge in [0.05, 0.1) is 0 Å². The zero-order valence-electron chi connectivity index (χ0n) is 11.4. The van der Waals surface area contributed by atoms with Crippen molar-refractivity contribution in [3.8, 4) is 0 Å². The highest BCUT2D eigenvalue weighted by Crippen LogP contribution is 2.31. The van der Waals surface area contributed by atoms with E-state index in [-0.39, 0.29) is 0 Å². The van der Waals surface area contributed by atoms with Crippen molar-refractivity contribution in [2.24, 2.45) is 0 Å². The summed E-state index contributed by atoms with van der Waals surface area (Å²) in [7, 11) is 0. The van der Waals surface area contributed by atoms with E-state index >= 15 is 0 Å². The molecule has 0 aromatic heterocycles. The molecule has 19 heavy (non-hydrogen) atoms. The van der Waals surface area contributed by atoms with E-state index in [1.807, 2.05) is 0 Å². The van der Waals surface area contributed by atoms with Crippen LogP contribution in [0.2, 0.25) is 0 Å². The monoisotopic (exact) mass is 265 g/mol. The largest absolute Gasteiger partial charge is 0.0839 e. The zero-order chi connectivity index (χ0) is 13.4.